The topological polar surface area (TPSA) is 59.3 Å². The van der Waals surface area contributed by atoms with Crippen LogP contribution in [0.25, 0.3) is 0 Å². The van der Waals surface area contributed by atoms with Crippen LogP contribution < -0.4 is 4.74 Å². The smallest absolute Gasteiger partial charge is 0.341 e. The molecular formula is C17H23NO3. The molecule has 0 unspecified atom stereocenters. The molecule has 0 saturated heterocycles. The van der Waals surface area contributed by atoms with Crippen LogP contribution in [0.1, 0.15) is 54.4 Å². The maximum atomic E-state index is 11.9. The number of hydrogen-bond acceptors (Lipinski definition) is 4. The van der Waals surface area contributed by atoms with Crippen molar-refractivity contribution >= 4 is 5.97 Å². The number of esters is 1. The zero-order valence-corrected chi connectivity index (χ0v) is 12.9. The lowest BCUT2D eigenvalue weighted by Crippen LogP contribution is -2.08. The summed E-state index contributed by atoms with van der Waals surface area (Å²) in [6, 6.07) is 7.78. The molecule has 0 fully saturated rings. The second-order valence-corrected chi connectivity index (χ2v) is 4.91. The number of nitrogens with zero attached hydrogens (tertiary/aromatic N) is 1. The highest BCUT2D eigenvalue weighted by Gasteiger charge is 2.17. The Bertz CT molecular complexity index is 491. The lowest BCUT2D eigenvalue weighted by Gasteiger charge is -2.12. The van der Waals surface area contributed by atoms with E-state index in [2.05, 4.69) is 6.07 Å². The normalized spacial score (nSPS) is 9.95. The SMILES string of the molecule is COC(=O)c1c(CCCCCCCC#N)cccc1OC. The third-order valence-electron chi connectivity index (χ3n) is 3.46. The van der Waals surface area contributed by atoms with Crippen LogP contribution in [0.2, 0.25) is 0 Å². The van der Waals surface area contributed by atoms with Crippen LogP contribution in [0.4, 0.5) is 0 Å². The molecule has 0 spiro atoms. The Morgan fingerprint density at radius 2 is 1.86 bits per heavy atom. The van der Waals surface area contributed by atoms with E-state index in [1.807, 2.05) is 12.1 Å². The molecule has 0 aliphatic rings. The number of benzene rings is 1. The molecule has 0 amide bonds. The Labute approximate surface area is 126 Å². The van der Waals surface area contributed by atoms with E-state index in [0.717, 1.165) is 44.1 Å². The molecule has 0 heterocycles. The summed E-state index contributed by atoms with van der Waals surface area (Å²) in [5.74, 6) is 0.213. The summed E-state index contributed by atoms with van der Waals surface area (Å²) >= 11 is 0. The molecule has 1 aromatic carbocycles. The lowest BCUT2D eigenvalue weighted by molar-refractivity contribution is 0.0595. The van der Waals surface area contributed by atoms with Gasteiger partial charge in [0.2, 0.25) is 0 Å². The van der Waals surface area contributed by atoms with Gasteiger partial charge in [-0.2, -0.15) is 5.26 Å². The minimum absolute atomic E-state index is 0.350. The highest BCUT2D eigenvalue weighted by molar-refractivity contribution is 5.94. The molecule has 0 bridgehead atoms. The van der Waals surface area contributed by atoms with Gasteiger partial charge >= 0.3 is 5.97 Å². The molecule has 0 radical (unpaired) electrons. The third-order valence-corrected chi connectivity index (χ3v) is 3.46. The van der Waals surface area contributed by atoms with E-state index in [0.29, 0.717) is 17.7 Å². The van der Waals surface area contributed by atoms with Crippen LogP contribution in [0.15, 0.2) is 18.2 Å². The van der Waals surface area contributed by atoms with E-state index in [1.165, 1.54) is 7.11 Å². The average molecular weight is 289 g/mol. The van der Waals surface area contributed by atoms with E-state index in [9.17, 15) is 4.79 Å². The van der Waals surface area contributed by atoms with Crippen LogP contribution >= 0.6 is 0 Å². The molecule has 0 saturated carbocycles. The van der Waals surface area contributed by atoms with Crippen molar-refractivity contribution in [1.82, 2.24) is 0 Å². The number of carbonyl (C=O) groups excluding carboxylic acids is 1. The van der Waals surface area contributed by atoms with Crippen molar-refractivity contribution in [3.8, 4) is 11.8 Å². The second-order valence-electron chi connectivity index (χ2n) is 4.91. The van der Waals surface area contributed by atoms with Crippen molar-refractivity contribution < 1.29 is 14.3 Å². The van der Waals surface area contributed by atoms with Crippen molar-refractivity contribution in [3.63, 3.8) is 0 Å². The molecule has 114 valence electrons. The molecule has 1 rings (SSSR count). The van der Waals surface area contributed by atoms with E-state index >= 15 is 0 Å². The molecule has 0 aliphatic carbocycles. The number of ether oxygens (including phenoxy) is 2. The Hall–Kier alpha value is -2.02. The zero-order chi connectivity index (χ0) is 15.5. The largest absolute Gasteiger partial charge is 0.496 e. The molecule has 21 heavy (non-hydrogen) atoms. The van der Waals surface area contributed by atoms with Gasteiger partial charge in [0.15, 0.2) is 0 Å². The summed E-state index contributed by atoms with van der Waals surface area (Å²) in [6.07, 6.45) is 6.78. The minimum atomic E-state index is -0.350. The van der Waals surface area contributed by atoms with E-state index in [-0.39, 0.29) is 5.97 Å². The van der Waals surface area contributed by atoms with Crippen LogP contribution in [0, 0.1) is 11.3 Å². The molecule has 4 nitrogen and oxygen atoms in total. The molecule has 0 aromatic heterocycles. The van der Waals surface area contributed by atoms with Gasteiger partial charge in [0.1, 0.15) is 11.3 Å². The van der Waals surface area contributed by atoms with Gasteiger partial charge in [0.25, 0.3) is 0 Å². The third kappa shape index (κ3) is 5.47. The minimum Gasteiger partial charge on any atom is -0.496 e. The fourth-order valence-corrected chi connectivity index (χ4v) is 2.34. The summed E-state index contributed by atoms with van der Waals surface area (Å²) in [5, 5.41) is 8.47. The molecule has 1 aromatic rings. The maximum Gasteiger partial charge on any atom is 0.341 e. The predicted octanol–water partition coefficient (Wildman–Crippen LogP) is 3.89. The Morgan fingerprint density at radius 3 is 2.52 bits per heavy atom. The van der Waals surface area contributed by atoms with Crippen molar-refractivity contribution in [2.24, 2.45) is 0 Å². The van der Waals surface area contributed by atoms with Crippen molar-refractivity contribution in [3.05, 3.63) is 29.3 Å². The number of hydrogen-bond donors (Lipinski definition) is 0. The molecule has 0 atom stereocenters. The standard InChI is InChI=1S/C17H23NO3/c1-20-15-12-9-11-14(16(15)17(19)21-2)10-7-5-3-4-6-8-13-18/h9,11-12H,3-8,10H2,1-2H3. The Morgan fingerprint density at radius 1 is 1.14 bits per heavy atom. The summed E-state index contributed by atoms with van der Waals surface area (Å²) in [7, 11) is 2.94. The molecule has 0 aliphatic heterocycles. The van der Waals surface area contributed by atoms with Crippen LogP contribution in [0.5, 0.6) is 5.75 Å². The summed E-state index contributed by atoms with van der Waals surface area (Å²) in [6.45, 7) is 0. The first-order valence-corrected chi connectivity index (χ1v) is 7.35. The first-order valence-electron chi connectivity index (χ1n) is 7.35. The second kappa shape index (κ2) is 9.82. The highest BCUT2D eigenvalue weighted by atomic mass is 16.5. The van der Waals surface area contributed by atoms with Crippen LogP contribution in [-0.4, -0.2) is 20.2 Å². The number of carbonyl (C=O) groups is 1. The van der Waals surface area contributed by atoms with E-state index in [1.54, 1.807) is 13.2 Å². The Kier molecular flexibility index (Phi) is 7.96. The molecule has 4 heteroatoms. The van der Waals surface area contributed by atoms with E-state index < -0.39 is 0 Å². The van der Waals surface area contributed by atoms with Gasteiger partial charge in [0.05, 0.1) is 20.3 Å². The number of nitriles is 1. The highest BCUT2D eigenvalue weighted by Crippen LogP contribution is 2.24. The van der Waals surface area contributed by atoms with E-state index in [4.69, 9.17) is 14.7 Å². The molecule has 0 N–H and O–H groups in total. The van der Waals surface area contributed by atoms with Gasteiger partial charge < -0.3 is 9.47 Å². The Balaban J connectivity index is 2.55. The zero-order valence-electron chi connectivity index (χ0n) is 12.9. The number of rotatable bonds is 9. The first kappa shape index (κ1) is 17.0. The number of methoxy groups -OCH3 is 2. The summed E-state index contributed by atoms with van der Waals surface area (Å²) < 4.78 is 10.1. The fourth-order valence-electron chi connectivity index (χ4n) is 2.34. The average Bonchev–Trinajstić information content (AvgIpc) is 2.52. The van der Waals surface area contributed by atoms with Gasteiger partial charge in [-0.25, -0.2) is 4.79 Å². The number of aryl methyl sites for hydroxylation is 1. The van der Waals surface area contributed by atoms with Gasteiger partial charge in [-0.1, -0.05) is 31.4 Å². The monoisotopic (exact) mass is 289 g/mol. The molecular weight excluding hydrogens is 266 g/mol. The van der Waals surface area contributed by atoms with Crippen molar-refractivity contribution in [1.29, 1.82) is 5.26 Å². The van der Waals surface area contributed by atoms with Gasteiger partial charge in [-0.15, -0.1) is 0 Å². The summed E-state index contributed by atoms with van der Waals surface area (Å²) in [5.41, 5.74) is 1.50. The van der Waals surface area contributed by atoms with Gasteiger partial charge in [-0.05, 0) is 30.9 Å². The van der Waals surface area contributed by atoms with Gasteiger partial charge in [-0.3, -0.25) is 0 Å². The fraction of sp³-hybridized carbons (Fsp3) is 0.529. The van der Waals surface area contributed by atoms with Crippen molar-refractivity contribution in [2.45, 2.75) is 44.9 Å². The quantitative estimate of drug-likeness (QED) is 0.511. The van der Waals surface area contributed by atoms with Crippen molar-refractivity contribution in [2.75, 3.05) is 14.2 Å². The predicted molar refractivity (Wildman–Crippen MR) is 81.4 cm³/mol. The lowest BCUT2D eigenvalue weighted by atomic mass is 9.99. The van der Waals surface area contributed by atoms with Gasteiger partial charge in [0, 0.05) is 6.42 Å². The summed E-state index contributed by atoms with van der Waals surface area (Å²) in [4.78, 5) is 11.9. The first-order chi connectivity index (χ1) is 10.2. The van der Waals surface area contributed by atoms with Crippen LogP contribution in [0.3, 0.4) is 0 Å². The van der Waals surface area contributed by atoms with Crippen LogP contribution in [-0.2, 0) is 11.2 Å². The number of unbranched alkanes of at least 4 members (excludes halogenated alkanes) is 5. The maximum absolute atomic E-state index is 11.9.